The summed E-state index contributed by atoms with van der Waals surface area (Å²) in [6, 6.07) is 8.20. The van der Waals surface area contributed by atoms with E-state index in [0.717, 1.165) is 12.1 Å². The summed E-state index contributed by atoms with van der Waals surface area (Å²) >= 11 is 0. The molecule has 4 rings (SSSR count). The van der Waals surface area contributed by atoms with Crippen LogP contribution in [-0.2, 0) is 13.2 Å². The Morgan fingerprint density at radius 1 is 1.00 bits per heavy atom. The number of anilines is 1. The van der Waals surface area contributed by atoms with Crippen molar-refractivity contribution >= 4 is 17.6 Å². The van der Waals surface area contributed by atoms with Crippen molar-refractivity contribution in [1.82, 2.24) is 24.5 Å². The molecule has 9 nitrogen and oxygen atoms in total. The molecule has 12 heteroatoms. The second kappa shape index (κ2) is 8.81. The zero-order chi connectivity index (χ0) is 24.5. The number of aromatic nitrogens is 5. The van der Waals surface area contributed by atoms with Crippen LogP contribution in [-0.4, -0.2) is 36.4 Å². The van der Waals surface area contributed by atoms with Gasteiger partial charge in [0.15, 0.2) is 5.82 Å². The predicted molar refractivity (Wildman–Crippen MR) is 114 cm³/mol. The fourth-order valence-corrected chi connectivity index (χ4v) is 3.03. The molecule has 1 amide bonds. The average Bonchev–Trinajstić information content (AvgIpc) is 3.40. The summed E-state index contributed by atoms with van der Waals surface area (Å²) in [5, 5.41) is 10.7. The number of nitrogens with zero attached hydrogens (tertiary/aromatic N) is 5. The van der Waals surface area contributed by atoms with E-state index >= 15 is 0 Å². The molecule has 0 aliphatic carbocycles. The summed E-state index contributed by atoms with van der Waals surface area (Å²) in [5.41, 5.74) is 0.466. The SMILES string of the molecule is Cc1c(C(=O)Oc2ccc(NC(=O)c3cnn(C)c3)cc2)cnn1-c1ccc(C(F)(F)F)cn1. The van der Waals surface area contributed by atoms with Crippen molar-refractivity contribution in [3.8, 4) is 11.6 Å². The summed E-state index contributed by atoms with van der Waals surface area (Å²) < 4.78 is 46.3. The molecule has 3 heterocycles. The van der Waals surface area contributed by atoms with Gasteiger partial charge in [-0.15, -0.1) is 0 Å². The van der Waals surface area contributed by atoms with Gasteiger partial charge in [0.05, 0.1) is 29.2 Å². The van der Waals surface area contributed by atoms with Crippen molar-refractivity contribution in [2.45, 2.75) is 13.1 Å². The zero-order valence-corrected chi connectivity index (χ0v) is 17.9. The van der Waals surface area contributed by atoms with Crippen molar-refractivity contribution in [2.24, 2.45) is 7.05 Å². The number of ether oxygens (including phenoxy) is 1. The maximum absolute atomic E-state index is 12.7. The minimum Gasteiger partial charge on any atom is -0.423 e. The number of rotatable bonds is 5. The van der Waals surface area contributed by atoms with Gasteiger partial charge in [-0.1, -0.05) is 0 Å². The van der Waals surface area contributed by atoms with Crippen LogP contribution >= 0.6 is 0 Å². The Kier molecular flexibility index (Phi) is 5.88. The van der Waals surface area contributed by atoms with Crippen molar-refractivity contribution in [2.75, 3.05) is 5.32 Å². The smallest absolute Gasteiger partial charge is 0.417 e. The number of carbonyl (C=O) groups is 2. The molecule has 0 atom stereocenters. The van der Waals surface area contributed by atoms with Crippen molar-refractivity contribution in [3.63, 3.8) is 0 Å². The van der Waals surface area contributed by atoms with Gasteiger partial charge in [-0.3, -0.25) is 9.48 Å². The van der Waals surface area contributed by atoms with Crippen LogP contribution in [0, 0.1) is 6.92 Å². The van der Waals surface area contributed by atoms with E-state index in [0.29, 0.717) is 23.1 Å². The van der Waals surface area contributed by atoms with E-state index in [4.69, 9.17) is 4.74 Å². The largest absolute Gasteiger partial charge is 0.423 e. The first-order valence-electron chi connectivity index (χ1n) is 9.82. The first-order valence-corrected chi connectivity index (χ1v) is 9.82. The van der Waals surface area contributed by atoms with E-state index in [1.807, 2.05) is 0 Å². The van der Waals surface area contributed by atoms with E-state index in [2.05, 4.69) is 20.5 Å². The maximum Gasteiger partial charge on any atom is 0.417 e. The van der Waals surface area contributed by atoms with Gasteiger partial charge in [0.2, 0.25) is 0 Å². The molecule has 0 spiro atoms. The third-order valence-corrected chi connectivity index (χ3v) is 4.81. The Labute approximate surface area is 190 Å². The molecule has 0 radical (unpaired) electrons. The van der Waals surface area contributed by atoms with Crippen LogP contribution in [0.25, 0.3) is 5.82 Å². The second-order valence-electron chi connectivity index (χ2n) is 7.23. The average molecular weight is 470 g/mol. The first-order chi connectivity index (χ1) is 16.1. The van der Waals surface area contributed by atoms with Gasteiger partial charge in [0.1, 0.15) is 11.3 Å². The molecule has 0 aliphatic heterocycles. The molecule has 0 bridgehead atoms. The van der Waals surface area contributed by atoms with E-state index in [9.17, 15) is 22.8 Å². The molecule has 0 saturated carbocycles. The molecule has 1 aromatic carbocycles. The van der Waals surface area contributed by atoms with Gasteiger partial charge in [-0.05, 0) is 43.3 Å². The number of amides is 1. The summed E-state index contributed by atoms with van der Waals surface area (Å²) in [5.74, 6) is -0.692. The number of esters is 1. The van der Waals surface area contributed by atoms with Gasteiger partial charge in [0, 0.05) is 25.1 Å². The van der Waals surface area contributed by atoms with E-state index in [-0.39, 0.29) is 23.0 Å². The minimum absolute atomic E-state index is 0.121. The van der Waals surface area contributed by atoms with Gasteiger partial charge in [-0.25, -0.2) is 14.5 Å². The summed E-state index contributed by atoms with van der Waals surface area (Å²) in [7, 11) is 1.70. The highest BCUT2D eigenvalue weighted by Crippen LogP contribution is 2.29. The van der Waals surface area contributed by atoms with Gasteiger partial charge in [-0.2, -0.15) is 23.4 Å². The molecule has 34 heavy (non-hydrogen) atoms. The van der Waals surface area contributed by atoms with Crippen LogP contribution in [0.2, 0.25) is 0 Å². The monoisotopic (exact) mass is 470 g/mol. The lowest BCUT2D eigenvalue weighted by molar-refractivity contribution is -0.137. The third-order valence-electron chi connectivity index (χ3n) is 4.81. The van der Waals surface area contributed by atoms with Gasteiger partial charge >= 0.3 is 12.1 Å². The number of halogens is 3. The Hall–Kier alpha value is -4.48. The predicted octanol–water partition coefficient (Wildman–Crippen LogP) is 3.80. The number of hydrogen-bond donors (Lipinski definition) is 1. The fraction of sp³-hybridized carbons (Fsp3) is 0.136. The lowest BCUT2D eigenvalue weighted by atomic mass is 10.2. The van der Waals surface area contributed by atoms with Crippen molar-refractivity contribution in [1.29, 1.82) is 0 Å². The number of pyridine rings is 1. The highest BCUT2D eigenvalue weighted by molar-refractivity contribution is 6.04. The highest BCUT2D eigenvalue weighted by atomic mass is 19.4. The molecule has 174 valence electrons. The maximum atomic E-state index is 12.7. The quantitative estimate of drug-likeness (QED) is 0.352. The van der Waals surface area contributed by atoms with Gasteiger partial charge in [0.25, 0.3) is 5.91 Å². The first kappa shape index (κ1) is 22.7. The van der Waals surface area contributed by atoms with Crippen LogP contribution in [0.3, 0.4) is 0 Å². The lowest BCUT2D eigenvalue weighted by Gasteiger charge is -2.08. The number of alkyl halides is 3. The molecule has 4 aromatic rings. The molecule has 3 aromatic heterocycles. The topological polar surface area (TPSA) is 104 Å². The van der Waals surface area contributed by atoms with Gasteiger partial charge < -0.3 is 10.1 Å². The highest BCUT2D eigenvalue weighted by Gasteiger charge is 2.31. The van der Waals surface area contributed by atoms with Crippen molar-refractivity contribution in [3.05, 3.63) is 83.6 Å². The Balaban J connectivity index is 1.43. The molecule has 1 N–H and O–H groups in total. The van der Waals surface area contributed by atoms with E-state index < -0.39 is 17.7 Å². The fourth-order valence-electron chi connectivity index (χ4n) is 3.03. The minimum atomic E-state index is -4.50. The molecule has 0 saturated heterocycles. The molecule has 0 aliphatic rings. The number of hydrogen-bond acceptors (Lipinski definition) is 6. The number of aryl methyl sites for hydroxylation is 1. The molecule has 0 unspecified atom stereocenters. The normalized spacial score (nSPS) is 11.3. The number of nitrogens with one attached hydrogen (secondary N) is 1. The van der Waals surface area contributed by atoms with Crippen LogP contribution < -0.4 is 10.1 Å². The van der Waals surface area contributed by atoms with E-state index in [1.165, 1.54) is 33.9 Å². The van der Waals surface area contributed by atoms with Crippen LogP contribution in [0.4, 0.5) is 18.9 Å². The van der Waals surface area contributed by atoms with Crippen LogP contribution in [0.5, 0.6) is 5.75 Å². The number of carbonyl (C=O) groups excluding carboxylic acids is 2. The van der Waals surface area contributed by atoms with E-state index in [1.54, 1.807) is 32.3 Å². The summed E-state index contributed by atoms with van der Waals surface area (Å²) in [6.45, 7) is 1.57. The Morgan fingerprint density at radius 3 is 2.32 bits per heavy atom. The summed E-state index contributed by atoms with van der Waals surface area (Å²) in [6.07, 6.45) is 0.460. The summed E-state index contributed by atoms with van der Waals surface area (Å²) in [4.78, 5) is 28.5. The lowest BCUT2D eigenvalue weighted by Crippen LogP contribution is -2.12. The Morgan fingerprint density at radius 2 is 1.74 bits per heavy atom. The molecular weight excluding hydrogens is 453 g/mol. The van der Waals surface area contributed by atoms with Crippen molar-refractivity contribution < 1.29 is 27.5 Å². The Bertz CT molecular complexity index is 1340. The number of benzene rings is 1. The third kappa shape index (κ3) is 4.80. The van der Waals surface area contributed by atoms with Crippen LogP contribution in [0.1, 0.15) is 32.0 Å². The zero-order valence-electron chi connectivity index (χ0n) is 17.9. The van der Waals surface area contributed by atoms with Crippen LogP contribution in [0.15, 0.2) is 61.2 Å². The standard InChI is InChI=1S/C22H17F3N6O3/c1-13-18(11-28-31(13)19-8-3-15(10-26-19)22(23,24)25)21(33)34-17-6-4-16(5-7-17)29-20(32)14-9-27-30(2)12-14/h3-12H,1-2H3,(H,29,32). The molecular formula is C22H17F3N6O3. The molecule has 0 fully saturated rings. The second-order valence-corrected chi connectivity index (χ2v) is 7.23.